The van der Waals surface area contributed by atoms with Gasteiger partial charge in [0.05, 0.1) is 0 Å². The first-order chi connectivity index (χ1) is 10.9. The number of benzene rings is 1. The smallest absolute Gasteiger partial charge is 0.406 e. The maximum absolute atomic E-state index is 12.2. The van der Waals surface area contributed by atoms with Gasteiger partial charge in [0.15, 0.2) is 0 Å². The van der Waals surface area contributed by atoms with Crippen molar-refractivity contribution in [2.24, 2.45) is 11.8 Å². The van der Waals surface area contributed by atoms with Crippen molar-refractivity contribution < 1.29 is 17.9 Å². The molecule has 1 saturated carbocycles. The standard InChI is InChI=1S/C19H25F3O/c1-3-4-15-5-7-16(8-6-15)13-14(2)17-9-11-18(12-10-17)23-19(20,21)22/h9-13,15-16H,3-8H2,1-2H3/b14-13+. The van der Waals surface area contributed by atoms with Crippen LogP contribution in [0.3, 0.4) is 0 Å². The fourth-order valence-corrected chi connectivity index (χ4v) is 3.42. The van der Waals surface area contributed by atoms with E-state index in [9.17, 15) is 13.2 Å². The van der Waals surface area contributed by atoms with E-state index in [4.69, 9.17) is 0 Å². The SMILES string of the molecule is CCCC1CCC(/C=C(\C)c2ccc(OC(F)(F)F)cc2)CC1. The van der Waals surface area contributed by atoms with E-state index in [1.54, 1.807) is 12.1 Å². The van der Waals surface area contributed by atoms with Crippen LogP contribution in [0.1, 0.15) is 57.9 Å². The lowest BCUT2D eigenvalue weighted by Gasteiger charge is -2.27. The van der Waals surface area contributed by atoms with E-state index >= 15 is 0 Å². The van der Waals surface area contributed by atoms with Gasteiger partial charge >= 0.3 is 6.36 Å². The minimum atomic E-state index is -4.64. The average molecular weight is 326 g/mol. The Morgan fingerprint density at radius 1 is 1.13 bits per heavy atom. The Labute approximate surface area is 136 Å². The van der Waals surface area contributed by atoms with Gasteiger partial charge in [-0.05, 0) is 67.7 Å². The maximum Gasteiger partial charge on any atom is 0.573 e. The first kappa shape index (κ1) is 17.9. The van der Waals surface area contributed by atoms with Crippen LogP contribution in [-0.2, 0) is 0 Å². The second-order valence-corrected chi connectivity index (χ2v) is 6.49. The molecule has 0 unspecified atom stereocenters. The van der Waals surface area contributed by atoms with Crippen LogP contribution in [0, 0.1) is 11.8 Å². The van der Waals surface area contributed by atoms with E-state index in [0.717, 1.165) is 17.1 Å². The van der Waals surface area contributed by atoms with Gasteiger partial charge in [-0.3, -0.25) is 0 Å². The van der Waals surface area contributed by atoms with Gasteiger partial charge < -0.3 is 4.74 Å². The molecule has 0 bridgehead atoms. The highest BCUT2D eigenvalue weighted by Gasteiger charge is 2.31. The highest BCUT2D eigenvalue weighted by Crippen LogP contribution is 2.34. The van der Waals surface area contributed by atoms with Crippen molar-refractivity contribution in [1.29, 1.82) is 0 Å². The molecule has 1 aromatic carbocycles. The number of allylic oxidation sites excluding steroid dienone is 2. The maximum atomic E-state index is 12.2. The van der Waals surface area contributed by atoms with Gasteiger partial charge in [-0.15, -0.1) is 13.2 Å². The highest BCUT2D eigenvalue weighted by atomic mass is 19.4. The molecule has 1 aliphatic carbocycles. The third-order valence-corrected chi connectivity index (χ3v) is 4.62. The van der Waals surface area contributed by atoms with Crippen LogP contribution in [0.2, 0.25) is 0 Å². The van der Waals surface area contributed by atoms with Crippen LogP contribution in [-0.4, -0.2) is 6.36 Å². The van der Waals surface area contributed by atoms with Gasteiger partial charge in [-0.2, -0.15) is 0 Å². The van der Waals surface area contributed by atoms with Crippen molar-refractivity contribution >= 4 is 5.57 Å². The number of halogens is 3. The number of ether oxygens (including phenoxy) is 1. The summed E-state index contributed by atoms with van der Waals surface area (Å²) in [5, 5.41) is 0. The lowest BCUT2D eigenvalue weighted by Crippen LogP contribution is -2.17. The molecule has 1 aliphatic rings. The van der Waals surface area contributed by atoms with E-state index in [1.807, 2.05) is 6.92 Å². The molecule has 0 aromatic heterocycles. The number of alkyl halides is 3. The summed E-state index contributed by atoms with van der Waals surface area (Å²) in [6.07, 6.45) is 5.26. The molecule has 2 rings (SSSR count). The molecule has 0 spiro atoms. The first-order valence-electron chi connectivity index (χ1n) is 8.42. The fourth-order valence-electron chi connectivity index (χ4n) is 3.42. The van der Waals surface area contributed by atoms with E-state index in [2.05, 4.69) is 17.7 Å². The number of hydrogen-bond donors (Lipinski definition) is 0. The summed E-state index contributed by atoms with van der Waals surface area (Å²) in [5.41, 5.74) is 2.08. The van der Waals surface area contributed by atoms with Gasteiger partial charge in [0.25, 0.3) is 0 Å². The van der Waals surface area contributed by atoms with Gasteiger partial charge in [0.1, 0.15) is 5.75 Å². The largest absolute Gasteiger partial charge is 0.573 e. The average Bonchev–Trinajstić information content (AvgIpc) is 2.48. The molecule has 0 aliphatic heterocycles. The Kier molecular flexibility index (Phi) is 6.14. The van der Waals surface area contributed by atoms with Gasteiger partial charge in [0.2, 0.25) is 0 Å². The Bertz CT molecular complexity index is 508. The summed E-state index contributed by atoms with van der Waals surface area (Å²) in [5.74, 6) is 1.30. The summed E-state index contributed by atoms with van der Waals surface area (Å²) < 4.78 is 40.4. The van der Waals surface area contributed by atoms with E-state index < -0.39 is 6.36 Å². The molecule has 1 aromatic rings. The third kappa shape index (κ3) is 5.92. The molecule has 1 nitrogen and oxygen atoms in total. The van der Waals surface area contributed by atoms with Crippen LogP contribution < -0.4 is 4.74 Å². The molecular formula is C19H25F3O. The quantitative estimate of drug-likeness (QED) is 0.592. The Balaban J connectivity index is 1.93. The third-order valence-electron chi connectivity index (χ3n) is 4.62. The Hall–Kier alpha value is -1.45. The fraction of sp³-hybridized carbons (Fsp3) is 0.579. The molecule has 0 saturated heterocycles. The van der Waals surface area contributed by atoms with Crippen LogP contribution in [0.4, 0.5) is 13.2 Å². The molecule has 0 heterocycles. The van der Waals surface area contributed by atoms with E-state index in [1.165, 1.54) is 50.7 Å². The predicted molar refractivity (Wildman–Crippen MR) is 87.1 cm³/mol. The first-order valence-corrected chi connectivity index (χ1v) is 8.42. The summed E-state index contributed by atoms with van der Waals surface area (Å²) in [4.78, 5) is 0. The van der Waals surface area contributed by atoms with Crippen LogP contribution in [0.15, 0.2) is 30.3 Å². The number of hydrogen-bond acceptors (Lipinski definition) is 1. The van der Waals surface area contributed by atoms with Gasteiger partial charge in [-0.25, -0.2) is 0 Å². The molecular weight excluding hydrogens is 301 g/mol. The van der Waals surface area contributed by atoms with Crippen LogP contribution >= 0.6 is 0 Å². The molecule has 0 amide bonds. The minimum absolute atomic E-state index is 0.172. The van der Waals surface area contributed by atoms with Crippen molar-refractivity contribution in [2.45, 2.75) is 58.7 Å². The summed E-state index contributed by atoms with van der Waals surface area (Å²) in [7, 11) is 0. The zero-order chi connectivity index (χ0) is 16.9. The molecule has 4 heteroatoms. The second kappa shape index (κ2) is 7.89. The number of rotatable bonds is 5. The van der Waals surface area contributed by atoms with E-state index in [0.29, 0.717) is 5.92 Å². The van der Waals surface area contributed by atoms with Crippen molar-refractivity contribution in [3.63, 3.8) is 0 Å². The molecule has 23 heavy (non-hydrogen) atoms. The predicted octanol–water partition coefficient (Wildman–Crippen LogP) is 6.60. The Morgan fingerprint density at radius 3 is 2.26 bits per heavy atom. The van der Waals surface area contributed by atoms with Crippen molar-refractivity contribution in [3.8, 4) is 5.75 Å². The monoisotopic (exact) mass is 326 g/mol. The zero-order valence-electron chi connectivity index (χ0n) is 13.8. The molecule has 0 radical (unpaired) electrons. The van der Waals surface area contributed by atoms with Gasteiger partial charge in [-0.1, -0.05) is 38.0 Å². The van der Waals surface area contributed by atoms with Gasteiger partial charge in [0, 0.05) is 0 Å². The Morgan fingerprint density at radius 2 is 1.74 bits per heavy atom. The van der Waals surface area contributed by atoms with Crippen LogP contribution in [0.5, 0.6) is 5.75 Å². The summed E-state index contributed by atoms with van der Waals surface area (Å²) >= 11 is 0. The summed E-state index contributed by atoms with van der Waals surface area (Å²) in [6.45, 7) is 4.26. The molecule has 0 N–H and O–H groups in total. The lowest BCUT2D eigenvalue weighted by molar-refractivity contribution is -0.274. The van der Waals surface area contributed by atoms with Crippen molar-refractivity contribution in [3.05, 3.63) is 35.9 Å². The lowest BCUT2D eigenvalue weighted by atomic mass is 9.79. The summed E-state index contributed by atoms with van der Waals surface area (Å²) in [6, 6.07) is 6.13. The normalized spacial score (nSPS) is 22.9. The zero-order valence-corrected chi connectivity index (χ0v) is 13.8. The van der Waals surface area contributed by atoms with Crippen LogP contribution in [0.25, 0.3) is 5.57 Å². The highest BCUT2D eigenvalue weighted by molar-refractivity contribution is 5.64. The second-order valence-electron chi connectivity index (χ2n) is 6.49. The van der Waals surface area contributed by atoms with Crippen molar-refractivity contribution in [1.82, 2.24) is 0 Å². The van der Waals surface area contributed by atoms with Crippen molar-refractivity contribution in [2.75, 3.05) is 0 Å². The molecule has 1 fully saturated rings. The molecule has 128 valence electrons. The molecule has 0 atom stereocenters. The minimum Gasteiger partial charge on any atom is -0.406 e. The topological polar surface area (TPSA) is 9.23 Å². The van der Waals surface area contributed by atoms with E-state index in [-0.39, 0.29) is 5.75 Å².